The topological polar surface area (TPSA) is 39.9 Å². The van der Waals surface area contributed by atoms with Crippen LogP contribution in [0.4, 0.5) is 0 Å². The van der Waals surface area contributed by atoms with Crippen molar-refractivity contribution < 1.29 is 14.3 Å². The Morgan fingerprint density at radius 2 is 2.06 bits per heavy atom. The lowest BCUT2D eigenvalue weighted by atomic mass is 9.88. The van der Waals surface area contributed by atoms with Crippen molar-refractivity contribution in [3.63, 3.8) is 0 Å². The molecule has 2 rings (SSSR count). The van der Waals surface area contributed by atoms with E-state index in [4.69, 9.17) is 11.3 Å². The molecular weight excluding hydrogens is 206 g/mol. The van der Waals surface area contributed by atoms with Crippen molar-refractivity contribution in [2.24, 2.45) is 0 Å². The van der Waals surface area contributed by atoms with E-state index in [9.17, 15) is 4.79 Å². The molecule has 0 aliphatic carbocycles. The van der Waals surface area contributed by atoms with Crippen LogP contribution in [0.2, 0.25) is 0 Å². The number of rotatable bonds is 2. The molecule has 0 N–H and O–H groups in total. The van der Waals surface area contributed by atoms with Crippen LogP contribution < -0.4 is 0 Å². The molecule has 1 saturated heterocycles. The minimum absolute atomic E-state index is 0.367. The van der Waals surface area contributed by atoms with Crippen molar-refractivity contribution in [2.45, 2.75) is 5.54 Å². The minimum atomic E-state index is -0.547. The first-order valence-corrected chi connectivity index (χ1v) is 4.87. The van der Waals surface area contributed by atoms with E-state index in [0.717, 1.165) is 5.56 Å². The highest BCUT2D eigenvalue weighted by molar-refractivity contribution is 5.89. The second kappa shape index (κ2) is 3.95. The van der Waals surface area contributed by atoms with Gasteiger partial charge in [-0.2, -0.15) is 0 Å². The third-order valence-corrected chi connectivity index (χ3v) is 2.74. The van der Waals surface area contributed by atoms with E-state index in [1.807, 2.05) is 0 Å². The van der Waals surface area contributed by atoms with Gasteiger partial charge in [0.05, 0.1) is 12.7 Å². The van der Waals surface area contributed by atoms with Crippen LogP contribution in [0.15, 0.2) is 24.3 Å². The summed E-state index contributed by atoms with van der Waals surface area (Å²) in [5, 5.41) is 0. The summed E-state index contributed by atoms with van der Waals surface area (Å²) in [7, 11) is 1.34. The average molecular weight is 217 g/mol. The summed E-state index contributed by atoms with van der Waals surface area (Å²) in [5.74, 6) is -0.367. The number of methoxy groups -OCH3 is 1. The maximum Gasteiger partial charge on any atom is 0.337 e. The highest BCUT2D eigenvalue weighted by Crippen LogP contribution is 2.33. The molecule has 1 aromatic rings. The molecule has 0 saturated carbocycles. The fourth-order valence-electron chi connectivity index (χ4n) is 1.63. The summed E-state index contributed by atoms with van der Waals surface area (Å²) in [6.07, 6.45) is 0. The summed E-state index contributed by atoms with van der Waals surface area (Å²) >= 11 is 0. The Kier molecular flexibility index (Phi) is 2.63. The number of esters is 1. The number of nitrogens with zero attached hydrogens (tertiary/aromatic N) is 1. The van der Waals surface area contributed by atoms with Crippen LogP contribution in [0.5, 0.6) is 0 Å². The van der Waals surface area contributed by atoms with Crippen LogP contribution in [0, 0.1) is 6.57 Å². The minimum Gasteiger partial charge on any atom is -0.465 e. The van der Waals surface area contributed by atoms with Gasteiger partial charge in [0.2, 0.25) is 0 Å². The zero-order valence-electron chi connectivity index (χ0n) is 8.90. The summed E-state index contributed by atoms with van der Waals surface area (Å²) < 4.78 is 9.68. The number of ether oxygens (including phenoxy) is 2. The summed E-state index contributed by atoms with van der Waals surface area (Å²) in [5.41, 5.74) is 0.835. The van der Waals surface area contributed by atoms with Gasteiger partial charge >= 0.3 is 11.5 Å². The van der Waals surface area contributed by atoms with E-state index in [1.165, 1.54) is 7.11 Å². The van der Waals surface area contributed by atoms with E-state index in [1.54, 1.807) is 24.3 Å². The van der Waals surface area contributed by atoms with Crippen molar-refractivity contribution >= 4 is 5.97 Å². The normalized spacial score (nSPS) is 17.0. The van der Waals surface area contributed by atoms with Gasteiger partial charge in [0.15, 0.2) is 0 Å². The Morgan fingerprint density at radius 3 is 2.44 bits per heavy atom. The van der Waals surface area contributed by atoms with Crippen LogP contribution in [-0.2, 0) is 15.0 Å². The predicted octanol–water partition coefficient (Wildman–Crippen LogP) is 1.62. The number of hydrogen-bond donors (Lipinski definition) is 0. The van der Waals surface area contributed by atoms with Gasteiger partial charge in [-0.25, -0.2) is 11.4 Å². The Morgan fingerprint density at radius 1 is 1.44 bits per heavy atom. The smallest absolute Gasteiger partial charge is 0.337 e. The molecule has 0 amide bonds. The lowest BCUT2D eigenvalue weighted by Gasteiger charge is -2.30. The molecule has 1 aliphatic heterocycles. The van der Waals surface area contributed by atoms with Gasteiger partial charge in [-0.15, -0.1) is 0 Å². The van der Waals surface area contributed by atoms with E-state index >= 15 is 0 Å². The third kappa shape index (κ3) is 1.55. The first kappa shape index (κ1) is 10.7. The third-order valence-electron chi connectivity index (χ3n) is 2.74. The molecule has 4 nitrogen and oxygen atoms in total. The molecule has 0 radical (unpaired) electrons. The average Bonchev–Trinajstić information content (AvgIpc) is 2.28. The maximum atomic E-state index is 11.2. The Bertz CT molecular complexity index is 440. The monoisotopic (exact) mass is 217 g/mol. The molecule has 1 aliphatic rings. The SMILES string of the molecule is [C-]#[N+]C1(c2ccc(C(=O)OC)cc2)COC1. The van der Waals surface area contributed by atoms with Gasteiger partial charge in [0, 0.05) is 5.56 Å². The van der Waals surface area contributed by atoms with E-state index < -0.39 is 5.54 Å². The van der Waals surface area contributed by atoms with Crippen LogP contribution in [-0.4, -0.2) is 26.3 Å². The lowest BCUT2D eigenvalue weighted by Crippen LogP contribution is -2.43. The molecule has 82 valence electrons. The van der Waals surface area contributed by atoms with Gasteiger partial charge in [-0.1, -0.05) is 0 Å². The van der Waals surface area contributed by atoms with Crippen LogP contribution in [0.25, 0.3) is 4.85 Å². The molecular formula is C12H11NO3. The molecule has 16 heavy (non-hydrogen) atoms. The van der Waals surface area contributed by atoms with Crippen LogP contribution >= 0.6 is 0 Å². The second-order valence-electron chi connectivity index (χ2n) is 3.71. The molecule has 4 heteroatoms. The highest BCUT2D eigenvalue weighted by Gasteiger charge is 2.47. The lowest BCUT2D eigenvalue weighted by molar-refractivity contribution is -0.0354. The fourth-order valence-corrected chi connectivity index (χ4v) is 1.63. The van der Waals surface area contributed by atoms with Crippen molar-refractivity contribution in [1.29, 1.82) is 0 Å². The van der Waals surface area contributed by atoms with Crippen molar-refractivity contribution in [1.82, 2.24) is 0 Å². The van der Waals surface area contributed by atoms with Gasteiger partial charge in [0.25, 0.3) is 0 Å². The van der Waals surface area contributed by atoms with Gasteiger partial charge in [-0.05, 0) is 24.3 Å². The molecule has 1 heterocycles. The molecule has 0 unspecified atom stereocenters. The molecule has 0 bridgehead atoms. The zero-order chi connectivity index (χ0) is 11.6. The number of benzene rings is 1. The first-order valence-electron chi connectivity index (χ1n) is 4.87. The first-order chi connectivity index (χ1) is 7.72. The number of hydrogen-bond acceptors (Lipinski definition) is 3. The Hall–Kier alpha value is -1.86. The van der Waals surface area contributed by atoms with Crippen molar-refractivity contribution in [2.75, 3.05) is 20.3 Å². The van der Waals surface area contributed by atoms with Crippen LogP contribution in [0.3, 0.4) is 0 Å². The molecule has 1 aromatic carbocycles. The van der Waals surface area contributed by atoms with E-state index in [-0.39, 0.29) is 5.97 Å². The van der Waals surface area contributed by atoms with Gasteiger partial charge in [-0.3, -0.25) is 0 Å². The standard InChI is InChI=1S/C12H11NO3/c1-13-12(7-16-8-12)10-5-3-9(4-6-10)11(14)15-2/h3-6H,7-8H2,2H3. The molecule has 1 fully saturated rings. The Labute approximate surface area is 93.6 Å². The van der Waals surface area contributed by atoms with Crippen LogP contribution in [0.1, 0.15) is 15.9 Å². The van der Waals surface area contributed by atoms with E-state index in [2.05, 4.69) is 9.58 Å². The number of carbonyl (C=O) groups excluding carboxylic acids is 1. The van der Waals surface area contributed by atoms with E-state index in [0.29, 0.717) is 18.8 Å². The summed E-state index contributed by atoms with van der Waals surface area (Å²) in [4.78, 5) is 14.8. The van der Waals surface area contributed by atoms with Crippen molar-refractivity contribution in [3.05, 3.63) is 46.8 Å². The van der Waals surface area contributed by atoms with Crippen molar-refractivity contribution in [3.8, 4) is 0 Å². The maximum absolute atomic E-state index is 11.2. The Balaban J connectivity index is 2.26. The highest BCUT2D eigenvalue weighted by atomic mass is 16.5. The molecule has 0 atom stereocenters. The summed E-state index contributed by atoms with van der Waals surface area (Å²) in [6.45, 7) is 8.02. The second-order valence-corrected chi connectivity index (χ2v) is 3.71. The van der Waals surface area contributed by atoms with Gasteiger partial charge in [0.1, 0.15) is 13.2 Å². The molecule has 0 spiro atoms. The predicted molar refractivity (Wildman–Crippen MR) is 56.9 cm³/mol. The zero-order valence-corrected chi connectivity index (χ0v) is 8.90. The molecule has 0 aromatic heterocycles. The summed E-state index contributed by atoms with van der Waals surface area (Å²) in [6, 6.07) is 6.92. The fraction of sp³-hybridized carbons (Fsp3) is 0.333. The quantitative estimate of drug-likeness (QED) is 0.558. The largest absolute Gasteiger partial charge is 0.465 e. The van der Waals surface area contributed by atoms with Gasteiger partial charge < -0.3 is 14.3 Å². The number of carbonyl (C=O) groups is 1.